The highest BCUT2D eigenvalue weighted by Crippen LogP contribution is 2.40. The summed E-state index contributed by atoms with van der Waals surface area (Å²) in [5.74, 6) is -0.257. The van der Waals surface area contributed by atoms with Gasteiger partial charge in [0.15, 0.2) is 0 Å². The lowest BCUT2D eigenvalue weighted by molar-refractivity contribution is 0.0955. The van der Waals surface area contributed by atoms with E-state index in [9.17, 15) is 4.79 Å². The Kier molecular flexibility index (Phi) is 8.72. The third-order valence-corrected chi connectivity index (χ3v) is 5.29. The summed E-state index contributed by atoms with van der Waals surface area (Å²) in [6, 6.07) is 3.29. The summed E-state index contributed by atoms with van der Waals surface area (Å²) >= 11 is 0. The van der Waals surface area contributed by atoms with Crippen LogP contribution < -0.4 is 5.43 Å². The van der Waals surface area contributed by atoms with Crippen LogP contribution in [0.3, 0.4) is 0 Å². The number of nitrogens with zero attached hydrogens (tertiary/aromatic N) is 2. The van der Waals surface area contributed by atoms with E-state index >= 15 is 0 Å². The van der Waals surface area contributed by atoms with Crippen molar-refractivity contribution in [2.24, 2.45) is 10.5 Å². The standard InChI is InChI=1S/C26H33N3O/c1-20(11-12-24-22(3)10-7-16-26(24,4)5)8-6-9-21(2)13-19-28-29-25(30)23-14-17-27-18-15-23/h6,8-9,11-15,17-19H,7,10,16H2,1-5H3,(H,29,30)/b9-6-,12-11-,20-8+,21-13-,28-19+. The molecule has 0 aliphatic heterocycles. The smallest absolute Gasteiger partial charge is 0.267 e. The van der Waals surface area contributed by atoms with Gasteiger partial charge >= 0.3 is 0 Å². The molecule has 0 saturated carbocycles. The van der Waals surface area contributed by atoms with Crippen LogP contribution in [0, 0.1) is 5.41 Å². The fourth-order valence-electron chi connectivity index (χ4n) is 3.51. The van der Waals surface area contributed by atoms with E-state index in [0.29, 0.717) is 5.56 Å². The Labute approximate surface area is 180 Å². The molecule has 4 nitrogen and oxygen atoms in total. The largest absolute Gasteiger partial charge is 0.271 e. The van der Waals surface area contributed by atoms with Gasteiger partial charge in [-0.15, -0.1) is 0 Å². The van der Waals surface area contributed by atoms with Gasteiger partial charge in [0, 0.05) is 24.2 Å². The second-order valence-corrected chi connectivity index (χ2v) is 8.40. The highest BCUT2D eigenvalue weighted by Gasteiger charge is 2.26. The fourth-order valence-corrected chi connectivity index (χ4v) is 3.51. The summed E-state index contributed by atoms with van der Waals surface area (Å²) < 4.78 is 0. The van der Waals surface area contributed by atoms with Gasteiger partial charge in [-0.25, -0.2) is 5.43 Å². The zero-order chi connectivity index (χ0) is 22.0. The first-order valence-electron chi connectivity index (χ1n) is 10.4. The van der Waals surface area contributed by atoms with E-state index in [1.165, 1.54) is 36.0 Å². The van der Waals surface area contributed by atoms with Gasteiger partial charge in [-0.1, -0.05) is 55.4 Å². The van der Waals surface area contributed by atoms with Gasteiger partial charge in [0.05, 0.1) is 0 Å². The Bertz CT molecular complexity index is 913. The lowest BCUT2D eigenvalue weighted by Gasteiger charge is -2.32. The number of allylic oxidation sites excluding steroid dienone is 10. The van der Waals surface area contributed by atoms with Crippen molar-refractivity contribution < 1.29 is 4.79 Å². The van der Waals surface area contributed by atoms with Crippen molar-refractivity contribution in [2.75, 3.05) is 0 Å². The monoisotopic (exact) mass is 403 g/mol. The summed E-state index contributed by atoms with van der Waals surface area (Å²) in [7, 11) is 0. The van der Waals surface area contributed by atoms with E-state index in [2.05, 4.69) is 61.4 Å². The molecule has 1 aromatic heterocycles. The van der Waals surface area contributed by atoms with Gasteiger partial charge in [-0.3, -0.25) is 9.78 Å². The molecule has 1 aliphatic rings. The molecule has 158 valence electrons. The summed E-state index contributed by atoms with van der Waals surface area (Å²) in [6.07, 6.45) is 21.0. The molecule has 30 heavy (non-hydrogen) atoms. The predicted octanol–water partition coefficient (Wildman–Crippen LogP) is 6.33. The number of carbonyl (C=O) groups is 1. The van der Waals surface area contributed by atoms with Gasteiger partial charge in [0.25, 0.3) is 5.91 Å². The number of hydrogen-bond acceptors (Lipinski definition) is 3. The molecular formula is C26H33N3O. The average Bonchev–Trinajstić information content (AvgIpc) is 2.71. The molecule has 1 aliphatic carbocycles. The number of rotatable bonds is 7. The highest BCUT2D eigenvalue weighted by atomic mass is 16.2. The van der Waals surface area contributed by atoms with Crippen molar-refractivity contribution in [1.82, 2.24) is 10.4 Å². The Morgan fingerprint density at radius 2 is 1.83 bits per heavy atom. The van der Waals surface area contributed by atoms with Crippen molar-refractivity contribution in [2.45, 2.75) is 53.9 Å². The molecule has 4 heteroatoms. The number of hydrogen-bond donors (Lipinski definition) is 1. The normalized spacial score (nSPS) is 18.0. The van der Waals surface area contributed by atoms with Crippen molar-refractivity contribution in [3.8, 4) is 0 Å². The number of nitrogens with one attached hydrogen (secondary N) is 1. The lowest BCUT2D eigenvalue weighted by atomic mass is 9.72. The molecule has 0 radical (unpaired) electrons. The third-order valence-electron chi connectivity index (χ3n) is 5.29. The molecule has 0 saturated heterocycles. The molecule has 1 aromatic rings. The topological polar surface area (TPSA) is 54.4 Å². The maximum Gasteiger partial charge on any atom is 0.271 e. The SMILES string of the molecule is CC1=C(\C=C/C(C)=C/C=C\C(C)=C/C=N/NC(=O)c2ccncc2)C(C)(C)CCC1. The van der Waals surface area contributed by atoms with Gasteiger partial charge in [-0.2, -0.15) is 5.10 Å². The minimum Gasteiger partial charge on any atom is -0.267 e. The highest BCUT2D eigenvalue weighted by molar-refractivity contribution is 5.94. The Morgan fingerprint density at radius 3 is 2.53 bits per heavy atom. The number of aromatic nitrogens is 1. The summed E-state index contributed by atoms with van der Waals surface area (Å²) in [4.78, 5) is 15.8. The first-order chi connectivity index (χ1) is 14.3. The quantitative estimate of drug-likeness (QED) is 0.329. The molecule has 0 fully saturated rings. The molecule has 1 amide bonds. The minimum absolute atomic E-state index is 0.257. The van der Waals surface area contributed by atoms with E-state index < -0.39 is 0 Å². The second kappa shape index (κ2) is 11.2. The first kappa shape index (κ1) is 23.3. The van der Waals surface area contributed by atoms with E-state index in [1.54, 1.807) is 30.7 Å². The van der Waals surface area contributed by atoms with Crippen LogP contribution in [0.15, 0.2) is 88.4 Å². The van der Waals surface area contributed by atoms with E-state index in [4.69, 9.17) is 0 Å². The fraction of sp³-hybridized carbons (Fsp3) is 0.346. The molecule has 2 rings (SSSR count). The lowest BCUT2D eigenvalue weighted by Crippen LogP contribution is -2.19. The number of carbonyl (C=O) groups excluding carboxylic acids is 1. The van der Waals surface area contributed by atoms with Crippen LogP contribution in [-0.4, -0.2) is 17.1 Å². The molecule has 0 aromatic carbocycles. The van der Waals surface area contributed by atoms with Crippen molar-refractivity contribution in [3.63, 3.8) is 0 Å². The van der Waals surface area contributed by atoms with Gasteiger partial charge in [0.2, 0.25) is 0 Å². The minimum atomic E-state index is -0.257. The van der Waals surface area contributed by atoms with Crippen molar-refractivity contribution >= 4 is 12.1 Å². The number of pyridine rings is 1. The molecule has 0 spiro atoms. The van der Waals surface area contributed by atoms with E-state index in [0.717, 1.165) is 5.57 Å². The molecule has 1 heterocycles. The summed E-state index contributed by atoms with van der Waals surface area (Å²) in [5.41, 5.74) is 8.52. The Hall–Kier alpha value is -3.01. The Balaban J connectivity index is 1.88. The zero-order valence-corrected chi connectivity index (χ0v) is 18.8. The average molecular weight is 404 g/mol. The zero-order valence-electron chi connectivity index (χ0n) is 18.8. The molecular weight excluding hydrogens is 370 g/mol. The molecule has 0 bridgehead atoms. The summed E-state index contributed by atoms with van der Waals surface area (Å²) in [6.45, 7) is 11.0. The van der Waals surface area contributed by atoms with E-state index in [1.807, 2.05) is 25.2 Å². The number of hydrazone groups is 1. The van der Waals surface area contributed by atoms with Crippen LogP contribution in [0.4, 0.5) is 0 Å². The van der Waals surface area contributed by atoms with Crippen LogP contribution >= 0.6 is 0 Å². The van der Waals surface area contributed by atoms with Crippen molar-refractivity contribution in [1.29, 1.82) is 0 Å². The Morgan fingerprint density at radius 1 is 1.13 bits per heavy atom. The maximum absolute atomic E-state index is 11.9. The number of amides is 1. The van der Waals surface area contributed by atoms with Crippen LogP contribution in [0.2, 0.25) is 0 Å². The van der Waals surface area contributed by atoms with Gasteiger partial charge < -0.3 is 0 Å². The van der Waals surface area contributed by atoms with Gasteiger partial charge in [-0.05, 0) is 74.8 Å². The second-order valence-electron chi connectivity index (χ2n) is 8.40. The first-order valence-corrected chi connectivity index (χ1v) is 10.4. The summed E-state index contributed by atoms with van der Waals surface area (Å²) in [5, 5.41) is 3.95. The molecule has 0 atom stereocenters. The maximum atomic E-state index is 11.9. The van der Waals surface area contributed by atoms with Crippen LogP contribution in [0.1, 0.15) is 64.2 Å². The molecule has 1 N–H and O–H groups in total. The van der Waals surface area contributed by atoms with Crippen LogP contribution in [0.5, 0.6) is 0 Å². The van der Waals surface area contributed by atoms with Crippen LogP contribution in [0.25, 0.3) is 0 Å². The molecule has 0 unspecified atom stereocenters. The predicted molar refractivity (Wildman–Crippen MR) is 126 cm³/mol. The van der Waals surface area contributed by atoms with Gasteiger partial charge in [0.1, 0.15) is 0 Å². The van der Waals surface area contributed by atoms with Crippen LogP contribution in [-0.2, 0) is 0 Å². The van der Waals surface area contributed by atoms with E-state index in [-0.39, 0.29) is 11.3 Å². The third kappa shape index (κ3) is 7.43. The van der Waals surface area contributed by atoms with Crippen molar-refractivity contribution in [3.05, 3.63) is 88.8 Å².